The Balaban J connectivity index is 1.83. The third kappa shape index (κ3) is 2.80. The highest BCUT2D eigenvalue weighted by Crippen LogP contribution is 2.28. The predicted octanol–water partition coefficient (Wildman–Crippen LogP) is 2.45. The van der Waals surface area contributed by atoms with Crippen LogP contribution in [0.25, 0.3) is 10.9 Å². The first kappa shape index (κ1) is 15.6. The predicted molar refractivity (Wildman–Crippen MR) is 98.6 cm³/mol. The Morgan fingerprint density at radius 1 is 1.38 bits per heavy atom. The number of fused-ring (bicyclic) bond motifs is 2. The number of amides is 1. The van der Waals surface area contributed by atoms with Crippen LogP contribution in [0.4, 0.5) is 0 Å². The third-order valence-corrected chi connectivity index (χ3v) is 5.50. The molecule has 0 radical (unpaired) electrons. The minimum absolute atomic E-state index is 0.0593. The summed E-state index contributed by atoms with van der Waals surface area (Å²) in [6.45, 7) is 5.70. The van der Waals surface area contributed by atoms with Crippen LogP contribution in [0.1, 0.15) is 28.5 Å². The van der Waals surface area contributed by atoms with Gasteiger partial charge in [0, 0.05) is 41.9 Å². The van der Waals surface area contributed by atoms with E-state index in [1.807, 2.05) is 24.3 Å². The molecule has 124 valence electrons. The van der Waals surface area contributed by atoms with Crippen molar-refractivity contribution in [3.8, 4) is 0 Å². The van der Waals surface area contributed by atoms with Gasteiger partial charge in [-0.3, -0.25) is 19.7 Å². The SMILES string of the molecule is CCN1CCc2nc3ccccc3c(C(=O)NC3=NCCS3)c2C1. The fourth-order valence-corrected chi connectivity index (χ4v) is 4.07. The minimum Gasteiger partial charge on any atom is -0.301 e. The van der Waals surface area contributed by atoms with Crippen molar-refractivity contribution in [2.45, 2.75) is 19.9 Å². The molecule has 4 rings (SSSR count). The van der Waals surface area contributed by atoms with Crippen LogP contribution in [-0.4, -0.2) is 46.3 Å². The van der Waals surface area contributed by atoms with Crippen LogP contribution < -0.4 is 5.32 Å². The van der Waals surface area contributed by atoms with E-state index in [0.29, 0.717) is 0 Å². The molecule has 0 unspecified atom stereocenters. The average molecular weight is 340 g/mol. The van der Waals surface area contributed by atoms with Crippen molar-refractivity contribution in [2.75, 3.05) is 25.4 Å². The number of aromatic nitrogens is 1. The van der Waals surface area contributed by atoms with Gasteiger partial charge in [0.25, 0.3) is 5.91 Å². The standard InChI is InChI=1S/C18H20N4OS/c1-2-22-9-7-15-13(11-22)16(12-5-3-4-6-14(12)20-15)17(23)21-18-19-8-10-24-18/h3-6H,2,7-11H2,1H3,(H,19,21,23). The molecule has 6 heteroatoms. The van der Waals surface area contributed by atoms with Crippen molar-refractivity contribution in [1.82, 2.24) is 15.2 Å². The monoisotopic (exact) mass is 340 g/mol. The molecule has 1 N–H and O–H groups in total. The van der Waals surface area contributed by atoms with Crippen LogP contribution in [-0.2, 0) is 13.0 Å². The zero-order valence-corrected chi connectivity index (χ0v) is 14.5. The molecule has 0 saturated heterocycles. The number of amidine groups is 1. The minimum atomic E-state index is -0.0593. The molecule has 5 nitrogen and oxygen atoms in total. The molecule has 0 bridgehead atoms. The second-order valence-electron chi connectivity index (χ2n) is 6.04. The van der Waals surface area contributed by atoms with Gasteiger partial charge in [0.2, 0.25) is 0 Å². The Labute approximate surface area is 145 Å². The molecule has 24 heavy (non-hydrogen) atoms. The number of thioether (sulfide) groups is 1. The lowest BCUT2D eigenvalue weighted by Crippen LogP contribution is -2.35. The summed E-state index contributed by atoms with van der Waals surface area (Å²) in [4.78, 5) is 24.6. The summed E-state index contributed by atoms with van der Waals surface area (Å²) in [7, 11) is 0. The molecule has 0 aliphatic carbocycles. The van der Waals surface area contributed by atoms with E-state index in [-0.39, 0.29) is 5.91 Å². The number of nitrogens with one attached hydrogen (secondary N) is 1. The third-order valence-electron chi connectivity index (χ3n) is 4.61. The number of carbonyl (C=O) groups excluding carboxylic acids is 1. The first-order chi connectivity index (χ1) is 11.8. The molecular weight excluding hydrogens is 320 g/mol. The van der Waals surface area contributed by atoms with Crippen LogP contribution >= 0.6 is 11.8 Å². The Hall–Kier alpha value is -1.92. The van der Waals surface area contributed by atoms with Crippen LogP contribution in [0, 0.1) is 0 Å². The molecule has 1 aromatic heterocycles. The lowest BCUT2D eigenvalue weighted by molar-refractivity contribution is 0.0976. The number of para-hydroxylation sites is 1. The quantitative estimate of drug-likeness (QED) is 0.912. The zero-order valence-electron chi connectivity index (χ0n) is 13.7. The van der Waals surface area contributed by atoms with Crippen LogP contribution in [0.2, 0.25) is 0 Å². The number of aliphatic imine (C=N–C) groups is 1. The van der Waals surface area contributed by atoms with Crippen molar-refractivity contribution >= 4 is 33.7 Å². The highest BCUT2D eigenvalue weighted by atomic mass is 32.2. The van der Waals surface area contributed by atoms with Crippen LogP contribution in [0.15, 0.2) is 29.3 Å². The maximum Gasteiger partial charge on any atom is 0.258 e. The number of pyridine rings is 1. The lowest BCUT2D eigenvalue weighted by atomic mass is 9.95. The molecule has 0 atom stereocenters. The van der Waals surface area contributed by atoms with Gasteiger partial charge in [0.15, 0.2) is 5.17 Å². The fourth-order valence-electron chi connectivity index (χ4n) is 3.35. The van der Waals surface area contributed by atoms with Gasteiger partial charge < -0.3 is 5.32 Å². The smallest absolute Gasteiger partial charge is 0.258 e. The summed E-state index contributed by atoms with van der Waals surface area (Å²) in [5.41, 5.74) is 3.80. The topological polar surface area (TPSA) is 57.6 Å². The van der Waals surface area contributed by atoms with Gasteiger partial charge >= 0.3 is 0 Å². The summed E-state index contributed by atoms with van der Waals surface area (Å²) < 4.78 is 0. The number of nitrogens with zero attached hydrogens (tertiary/aromatic N) is 3. The molecule has 2 aromatic rings. The van der Waals surface area contributed by atoms with E-state index in [2.05, 4.69) is 22.1 Å². The number of benzene rings is 1. The lowest BCUT2D eigenvalue weighted by Gasteiger charge is -2.29. The summed E-state index contributed by atoms with van der Waals surface area (Å²) in [5.74, 6) is 0.880. The summed E-state index contributed by atoms with van der Waals surface area (Å²) in [6.07, 6.45) is 0.893. The molecule has 0 fully saturated rings. The normalized spacial score (nSPS) is 17.6. The van der Waals surface area contributed by atoms with Crippen molar-refractivity contribution in [3.05, 3.63) is 41.1 Å². The van der Waals surface area contributed by atoms with E-state index in [0.717, 1.165) is 71.2 Å². The van der Waals surface area contributed by atoms with Gasteiger partial charge in [-0.1, -0.05) is 36.9 Å². The Kier molecular flexibility index (Phi) is 4.24. The maximum absolute atomic E-state index is 13.0. The molecular formula is C18H20N4OS. The van der Waals surface area contributed by atoms with E-state index in [1.54, 1.807) is 11.8 Å². The van der Waals surface area contributed by atoms with E-state index < -0.39 is 0 Å². The number of hydrogen-bond donors (Lipinski definition) is 1. The number of hydrogen-bond acceptors (Lipinski definition) is 5. The second kappa shape index (κ2) is 6.53. The molecule has 2 aliphatic rings. The van der Waals surface area contributed by atoms with Crippen molar-refractivity contribution in [1.29, 1.82) is 0 Å². The van der Waals surface area contributed by atoms with E-state index >= 15 is 0 Å². The van der Waals surface area contributed by atoms with Gasteiger partial charge in [0.05, 0.1) is 17.6 Å². The maximum atomic E-state index is 13.0. The van der Waals surface area contributed by atoms with Gasteiger partial charge in [-0.2, -0.15) is 0 Å². The van der Waals surface area contributed by atoms with Crippen molar-refractivity contribution < 1.29 is 4.79 Å². The molecule has 0 spiro atoms. The first-order valence-corrected chi connectivity index (χ1v) is 9.36. The Morgan fingerprint density at radius 3 is 3.04 bits per heavy atom. The first-order valence-electron chi connectivity index (χ1n) is 8.37. The van der Waals surface area contributed by atoms with Gasteiger partial charge in [-0.15, -0.1) is 0 Å². The Bertz CT molecular complexity index is 833. The molecule has 0 saturated carbocycles. The van der Waals surface area contributed by atoms with Crippen molar-refractivity contribution in [3.63, 3.8) is 0 Å². The van der Waals surface area contributed by atoms with Crippen LogP contribution in [0.5, 0.6) is 0 Å². The van der Waals surface area contributed by atoms with E-state index in [4.69, 9.17) is 4.98 Å². The summed E-state index contributed by atoms with van der Waals surface area (Å²) in [5, 5.41) is 4.66. The van der Waals surface area contributed by atoms with E-state index in [1.165, 1.54) is 0 Å². The van der Waals surface area contributed by atoms with E-state index in [9.17, 15) is 4.79 Å². The van der Waals surface area contributed by atoms with Gasteiger partial charge in [0.1, 0.15) is 0 Å². The van der Waals surface area contributed by atoms with Crippen molar-refractivity contribution in [2.24, 2.45) is 4.99 Å². The number of carbonyl (C=O) groups is 1. The van der Waals surface area contributed by atoms with Gasteiger partial charge in [-0.25, -0.2) is 0 Å². The highest BCUT2D eigenvalue weighted by Gasteiger charge is 2.26. The van der Waals surface area contributed by atoms with Gasteiger partial charge in [-0.05, 0) is 12.6 Å². The largest absolute Gasteiger partial charge is 0.301 e. The number of likely N-dealkylation sites (N-methyl/N-ethyl adjacent to an activating group) is 1. The summed E-state index contributed by atoms with van der Waals surface area (Å²) >= 11 is 1.61. The summed E-state index contributed by atoms with van der Waals surface area (Å²) in [6, 6.07) is 7.92. The molecule has 2 aliphatic heterocycles. The zero-order chi connectivity index (χ0) is 16.5. The Morgan fingerprint density at radius 2 is 2.25 bits per heavy atom. The number of rotatable bonds is 2. The fraction of sp³-hybridized carbons (Fsp3) is 0.389. The second-order valence-corrected chi connectivity index (χ2v) is 7.12. The average Bonchev–Trinajstić information content (AvgIpc) is 3.12. The molecule has 3 heterocycles. The highest BCUT2D eigenvalue weighted by molar-refractivity contribution is 8.14. The van der Waals surface area contributed by atoms with Crippen LogP contribution in [0.3, 0.4) is 0 Å². The molecule has 1 amide bonds. The molecule has 1 aromatic carbocycles.